The molecule has 4 rings (SSSR count). The Bertz CT molecular complexity index is 1060. The highest BCUT2D eigenvalue weighted by Gasteiger charge is 2.14. The zero-order valence-electron chi connectivity index (χ0n) is 14.1. The highest BCUT2D eigenvalue weighted by atomic mass is 16.7. The van der Waals surface area contributed by atoms with Gasteiger partial charge in [-0.1, -0.05) is 12.1 Å². The average molecular weight is 358 g/mol. The summed E-state index contributed by atoms with van der Waals surface area (Å²) in [6, 6.07) is 16.0. The maximum absolute atomic E-state index is 12.5. The Morgan fingerprint density at radius 2 is 1.89 bits per heavy atom. The summed E-state index contributed by atoms with van der Waals surface area (Å²) in [5.41, 5.74) is 2.66. The molecular weight excluding hydrogens is 344 g/mol. The van der Waals surface area contributed by atoms with Gasteiger partial charge in [0.15, 0.2) is 11.5 Å². The van der Waals surface area contributed by atoms with Crippen LogP contribution in [0.5, 0.6) is 11.5 Å². The zero-order chi connectivity index (χ0) is 18.6. The van der Waals surface area contributed by atoms with Gasteiger partial charge >= 0.3 is 0 Å². The standard InChI is InChI=1S/C20H14N4O3/c21-9-13-3-1-2-4-17(13)24-20(25)14-7-16(11-22-10-14)23-15-5-6-18-19(8-15)27-12-26-18/h1-8,10-11,23H,12H2,(H,24,25). The quantitative estimate of drug-likeness (QED) is 0.738. The number of nitrogens with one attached hydrogen (secondary N) is 2. The lowest BCUT2D eigenvalue weighted by Crippen LogP contribution is -2.13. The number of amides is 1. The van der Waals surface area contributed by atoms with Crippen LogP contribution in [0.25, 0.3) is 0 Å². The monoisotopic (exact) mass is 358 g/mol. The molecule has 0 saturated heterocycles. The summed E-state index contributed by atoms with van der Waals surface area (Å²) in [5.74, 6) is 1.01. The van der Waals surface area contributed by atoms with E-state index in [1.54, 1.807) is 36.5 Å². The fourth-order valence-electron chi connectivity index (χ4n) is 2.66. The van der Waals surface area contributed by atoms with E-state index in [1.165, 1.54) is 6.20 Å². The lowest BCUT2D eigenvalue weighted by atomic mass is 10.2. The number of hydrogen-bond acceptors (Lipinski definition) is 6. The van der Waals surface area contributed by atoms with E-state index in [0.717, 1.165) is 5.69 Å². The van der Waals surface area contributed by atoms with Gasteiger partial charge in [-0.2, -0.15) is 5.26 Å². The van der Waals surface area contributed by atoms with Gasteiger partial charge in [-0.3, -0.25) is 9.78 Å². The second-order valence-corrected chi connectivity index (χ2v) is 5.77. The van der Waals surface area contributed by atoms with E-state index >= 15 is 0 Å². The molecule has 2 heterocycles. The molecule has 7 nitrogen and oxygen atoms in total. The molecule has 2 aromatic carbocycles. The van der Waals surface area contributed by atoms with Crippen molar-refractivity contribution in [3.8, 4) is 17.6 Å². The van der Waals surface area contributed by atoms with E-state index in [4.69, 9.17) is 14.7 Å². The molecule has 0 fully saturated rings. The summed E-state index contributed by atoms with van der Waals surface area (Å²) >= 11 is 0. The largest absolute Gasteiger partial charge is 0.454 e. The van der Waals surface area contributed by atoms with Crippen LogP contribution in [0.3, 0.4) is 0 Å². The van der Waals surface area contributed by atoms with Crippen molar-refractivity contribution in [3.05, 3.63) is 72.1 Å². The van der Waals surface area contributed by atoms with Crippen molar-refractivity contribution in [2.24, 2.45) is 0 Å². The van der Waals surface area contributed by atoms with E-state index < -0.39 is 0 Å². The summed E-state index contributed by atoms with van der Waals surface area (Å²) in [7, 11) is 0. The topological polar surface area (TPSA) is 96.3 Å². The van der Waals surface area contributed by atoms with Crippen molar-refractivity contribution in [1.29, 1.82) is 5.26 Å². The van der Waals surface area contributed by atoms with Crippen LogP contribution in [0.2, 0.25) is 0 Å². The molecule has 3 aromatic rings. The third-order valence-electron chi connectivity index (χ3n) is 3.96. The summed E-state index contributed by atoms with van der Waals surface area (Å²) in [6.45, 7) is 0.209. The van der Waals surface area contributed by atoms with E-state index in [2.05, 4.69) is 21.7 Å². The highest BCUT2D eigenvalue weighted by molar-refractivity contribution is 6.05. The van der Waals surface area contributed by atoms with Gasteiger partial charge in [0.2, 0.25) is 6.79 Å². The molecule has 7 heteroatoms. The minimum atomic E-state index is -0.348. The molecule has 1 aliphatic heterocycles. The number of carbonyl (C=O) groups is 1. The molecular formula is C20H14N4O3. The van der Waals surface area contributed by atoms with Gasteiger partial charge in [0.1, 0.15) is 6.07 Å². The Morgan fingerprint density at radius 1 is 1.04 bits per heavy atom. The number of rotatable bonds is 4. The fraction of sp³-hybridized carbons (Fsp3) is 0.0500. The normalized spacial score (nSPS) is 11.5. The molecule has 27 heavy (non-hydrogen) atoms. The van der Waals surface area contributed by atoms with Crippen LogP contribution in [-0.2, 0) is 0 Å². The number of fused-ring (bicyclic) bond motifs is 1. The van der Waals surface area contributed by atoms with E-state index in [1.807, 2.05) is 18.2 Å². The molecule has 0 atom stereocenters. The number of benzene rings is 2. The van der Waals surface area contributed by atoms with E-state index in [9.17, 15) is 4.79 Å². The molecule has 0 saturated carbocycles. The SMILES string of the molecule is N#Cc1ccccc1NC(=O)c1cncc(Nc2ccc3c(c2)OCO3)c1. The summed E-state index contributed by atoms with van der Waals surface area (Å²) in [4.78, 5) is 16.6. The van der Waals surface area contributed by atoms with Crippen molar-refractivity contribution in [2.45, 2.75) is 0 Å². The molecule has 0 aliphatic carbocycles. The van der Waals surface area contributed by atoms with Crippen LogP contribution in [-0.4, -0.2) is 17.7 Å². The van der Waals surface area contributed by atoms with Gasteiger partial charge in [-0.25, -0.2) is 0 Å². The Balaban J connectivity index is 1.52. The molecule has 0 radical (unpaired) electrons. The summed E-state index contributed by atoms with van der Waals surface area (Å²) < 4.78 is 10.7. The first-order valence-electron chi connectivity index (χ1n) is 8.15. The van der Waals surface area contributed by atoms with E-state index in [-0.39, 0.29) is 12.7 Å². The van der Waals surface area contributed by atoms with Gasteiger partial charge in [-0.15, -0.1) is 0 Å². The molecule has 2 N–H and O–H groups in total. The fourth-order valence-corrected chi connectivity index (χ4v) is 2.66. The Labute approximate surface area is 155 Å². The van der Waals surface area contributed by atoms with Crippen molar-refractivity contribution in [2.75, 3.05) is 17.4 Å². The molecule has 0 unspecified atom stereocenters. The van der Waals surface area contributed by atoms with Crippen LogP contribution in [0.15, 0.2) is 60.9 Å². The van der Waals surface area contributed by atoms with Crippen molar-refractivity contribution >= 4 is 23.0 Å². The minimum absolute atomic E-state index is 0.209. The Kier molecular flexibility index (Phi) is 4.29. The Hall–Kier alpha value is -4.05. The molecule has 1 aromatic heterocycles. The van der Waals surface area contributed by atoms with Crippen molar-refractivity contribution in [3.63, 3.8) is 0 Å². The first-order chi connectivity index (χ1) is 13.2. The van der Waals surface area contributed by atoms with Crippen LogP contribution in [0.4, 0.5) is 17.1 Å². The summed E-state index contributed by atoms with van der Waals surface area (Å²) in [6.07, 6.45) is 3.08. The molecule has 0 bridgehead atoms. The number of anilines is 3. The van der Waals surface area contributed by atoms with Crippen LogP contribution in [0.1, 0.15) is 15.9 Å². The smallest absolute Gasteiger partial charge is 0.257 e. The second-order valence-electron chi connectivity index (χ2n) is 5.77. The number of ether oxygens (including phenoxy) is 2. The van der Waals surface area contributed by atoms with Gasteiger partial charge < -0.3 is 20.1 Å². The molecule has 1 aliphatic rings. The average Bonchev–Trinajstić information content (AvgIpc) is 3.16. The van der Waals surface area contributed by atoms with Gasteiger partial charge in [0.05, 0.1) is 28.7 Å². The van der Waals surface area contributed by atoms with Crippen molar-refractivity contribution < 1.29 is 14.3 Å². The van der Waals surface area contributed by atoms with Crippen molar-refractivity contribution in [1.82, 2.24) is 4.98 Å². The first-order valence-corrected chi connectivity index (χ1v) is 8.15. The number of carbonyl (C=O) groups excluding carboxylic acids is 1. The number of pyridine rings is 1. The number of nitrogens with zero attached hydrogens (tertiary/aromatic N) is 2. The molecule has 132 valence electrons. The second kappa shape index (κ2) is 7.06. The number of aromatic nitrogens is 1. The first kappa shape index (κ1) is 16.4. The maximum atomic E-state index is 12.5. The highest BCUT2D eigenvalue weighted by Crippen LogP contribution is 2.35. The van der Waals surface area contributed by atoms with Crippen LogP contribution in [0, 0.1) is 11.3 Å². The van der Waals surface area contributed by atoms with E-state index in [0.29, 0.717) is 34.0 Å². The van der Waals surface area contributed by atoms with Crippen LogP contribution < -0.4 is 20.1 Å². The van der Waals surface area contributed by atoms with Gasteiger partial charge in [-0.05, 0) is 30.3 Å². The van der Waals surface area contributed by atoms with Gasteiger partial charge in [0.25, 0.3) is 5.91 Å². The summed E-state index contributed by atoms with van der Waals surface area (Å²) in [5, 5.41) is 15.1. The zero-order valence-corrected chi connectivity index (χ0v) is 14.1. The minimum Gasteiger partial charge on any atom is -0.454 e. The number of nitriles is 1. The molecule has 0 spiro atoms. The van der Waals surface area contributed by atoms with Crippen LogP contribution >= 0.6 is 0 Å². The molecule has 1 amide bonds. The predicted molar refractivity (Wildman–Crippen MR) is 99.2 cm³/mol. The predicted octanol–water partition coefficient (Wildman–Crippen LogP) is 3.68. The van der Waals surface area contributed by atoms with Gasteiger partial charge in [0, 0.05) is 18.0 Å². The Morgan fingerprint density at radius 3 is 2.78 bits per heavy atom. The third-order valence-corrected chi connectivity index (χ3v) is 3.96. The lowest BCUT2D eigenvalue weighted by Gasteiger charge is -2.10. The lowest BCUT2D eigenvalue weighted by molar-refractivity contribution is 0.102. The third kappa shape index (κ3) is 3.50. The maximum Gasteiger partial charge on any atom is 0.257 e. The number of para-hydroxylation sites is 1. The number of hydrogen-bond donors (Lipinski definition) is 2.